The van der Waals surface area contributed by atoms with Crippen molar-refractivity contribution < 1.29 is 9.72 Å². The predicted octanol–water partition coefficient (Wildman–Crippen LogP) is 2.37. The third-order valence-electron chi connectivity index (χ3n) is 3.13. The first-order chi connectivity index (χ1) is 10.7. The molecule has 0 bridgehead atoms. The fourth-order valence-electron chi connectivity index (χ4n) is 2.11. The van der Waals surface area contributed by atoms with Gasteiger partial charge in [0.25, 0.3) is 11.6 Å². The van der Waals surface area contributed by atoms with Crippen LogP contribution in [-0.2, 0) is 4.79 Å². The molecule has 2 aromatic rings. The van der Waals surface area contributed by atoms with E-state index in [0.29, 0.717) is 16.8 Å². The van der Waals surface area contributed by atoms with Crippen molar-refractivity contribution in [3.63, 3.8) is 0 Å². The van der Waals surface area contributed by atoms with Gasteiger partial charge in [0.1, 0.15) is 0 Å². The molecule has 0 saturated carbocycles. The van der Waals surface area contributed by atoms with Gasteiger partial charge in [-0.1, -0.05) is 30.3 Å². The average molecular weight is 294 g/mol. The van der Waals surface area contributed by atoms with Gasteiger partial charge in [-0.05, 0) is 12.1 Å². The fraction of sp³-hybridized carbons (Fsp3) is 0. The molecule has 1 aliphatic rings. The van der Waals surface area contributed by atoms with Gasteiger partial charge in [0.15, 0.2) is 5.71 Å². The summed E-state index contributed by atoms with van der Waals surface area (Å²) in [5.74, 6) is -0.346. The van der Waals surface area contributed by atoms with Crippen LogP contribution >= 0.6 is 0 Å². The number of fused-ring (bicyclic) bond motifs is 1. The molecule has 1 heterocycles. The van der Waals surface area contributed by atoms with Crippen LogP contribution in [0.25, 0.3) is 0 Å². The molecule has 1 N–H and O–H groups in total. The lowest BCUT2D eigenvalue weighted by atomic mass is 10.1. The lowest BCUT2D eigenvalue weighted by Crippen LogP contribution is -2.13. The smallest absolute Gasteiger partial charge is 0.278 e. The Labute approximate surface area is 125 Å². The monoisotopic (exact) mass is 294 g/mol. The Bertz CT molecular complexity index is 827. The second-order valence-electron chi connectivity index (χ2n) is 4.51. The van der Waals surface area contributed by atoms with E-state index in [1.54, 1.807) is 42.5 Å². The molecule has 1 aliphatic heterocycles. The minimum atomic E-state index is -0.494. The molecule has 1 amide bonds. The summed E-state index contributed by atoms with van der Waals surface area (Å²) >= 11 is 0. The molecule has 22 heavy (non-hydrogen) atoms. The Morgan fingerprint density at radius 1 is 1.09 bits per heavy atom. The van der Waals surface area contributed by atoms with E-state index in [1.165, 1.54) is 12.3 Å². The third-order valence-corrected chi connectivity index (χ3v) is 3.13. The zero-order valence-electron chi connectivity index (χ0n) is 11.3. The van der Waals surface area contributed by atoms with E-state index in [-0.39, 0.29) is 17.3 Å². The Balaban J connectivity index is 1.92. The van der Waals surface area contributed by atoms with Crippen LogP contribution in [-0.4, -0.2) is 22.8 Å². The van der Waals surface area contributed by atoms with Gasteiger partial charge in [-0.15, -0.1) is 5.10 Å². The SMILES string of the molecule is O=C1Nc2ccccc2/C1=N/N=C/c1ccccc1[N+](=O)[O-]. The Morgan fingerprint density at radius 3 is 2.64 bits per heavy atom. The van der Waals surface area contributed by atoms with Crippen LogP contribution in [0.2, 0.25) is 0 Å². The normalized spacial score (nSPS) is 15.1. The van der Waals surface area contributed by atoms with Gasteiger partial charge >= 0.3 is 0 Å². The van der Waals surface area contributed by atoms with Gasteiger partial charge in [0.05, 0.1) is 22.4 Å². The van der Waals surface area contributed by atoms with Gasteiger partial charge in [-0.3, -0.25) is 14.9 Å². The molecule has 0 aromatic heterocycles. The molecule has 2 aromatic carbocycles. The summed E-state index contributed by atoms with van der Waals surface area (Å²) in [4.78, 5) is 22.2. The molecule has 0 saturated heterocycles. The summed E-state index contributed by atoms with van der Waals surface area (Å²) in [6.45, 7) is 0. The molecular weight excluding hydrogens is 284 g/mol. The van der Waals surface area contributed by atoms with E-state index in [4.69, 9.17) is 0 Å². The highest BCUT2D eigenvalue weighted by atomic mass is 16.6. The number of nitrogens with zero attached hydrogens (tertiary/aromatic N) is 3. The fourth-order valence-corrected chi connectivity index (χ4v) is 2.11. The van der Waals surface area contributed by atoms with Crippen molar-refractivity contribution in [1.29, 1.82) is 0 Å². The number of amides is 1. The maximum Gasteiger partial charge on any atom is 0.278 e. The maximum atomic E-state index is 11.8. The van der Waals surface area contributed by atoms with Gasteiger partial charge in [-0.25, -0.2) is 0 Å². The highest BCUT2D eigenvalue weighted by molar-refractivity contribution is 6.53. The van der Waals surface area contributed by atoms with Gasteiger partial charge < -0.3 is 5.32 Å². The highest BCUT2D eigenvalue weighted by Crippen LogP contribution is 2.22. The molecule has 0 fully saturated rings. The quantitative estimate of drug-likeness (QED) is 0.534. The summed E-state index contributed by atoms with van der Waals surface area (Å²) in [5, 5.41) is 21.3. The van der Waals surface area contributed by atoms with Crippen LogP contribution in [0.4, 0.5) is 11.4 Å². The molecule has 0 radical (unpaired) electrons. The van der Waals surface area contributed by atoms with Gasteiger partial charge in [0, 0.05) is 11.6 Å². The molecule has 7 heteroatoms. The van der Waals surface area contributed by atoms with E-state index in [0.717, 1.165) is 0 Å². The van der Waals surface area contributed by atoms with Gasteiger partial charge in [0.2, 0.25) is 0 Å². The Hall–Kier alpha value is -3.35. The first-order valence-corrected chi connectivity index (χ1v) is 6.42. The van der Waals surface area contributed by atoms with Crippen LogP contribution in [0.15, 0.2) is 58.7 Å². The second kappa shape index (κ2) is 5.57. The second-order valence-corrected chi connectivity index (χ2v) is 4.51. The summed E-state index contributed by atoms with van der Waals surface area (Å²) in [7, 11) is 0. The van der Waals surface area contributed by atoms with Gasteiger partial charge in [-0.2, -0.15) is 5.10 Å². The van der Waals surface area contributed by atoms with Crippen molar-refractivity contribution in [3.05, 3.63) is 69.8 Å². The topological polar surface area (TPSA) is 97.0 Å². The molecule has 0 aliphatic carbocycles. The molecule has 3 rings (SSSR count). The lowest BCUT2D eigenvalue weighted by Gasteiger charge is -1.95. The minimum Gasteiger partial charge on any atom is -0.320 e. The summed E-state index contributed by atoms with van der Waals surface area (Å²) in [6, 6.07) is 13.3. The molecule has 0 spiro atoms. The zero-order chi connectivity index (χ0) is 15.5. The van der Waals surface area contributed by atoms with E-state index < -0.39 is 4.92 Å². The molecule has 108 valence electrons. The Morgan fingerprint density at radius 2 is 1.82 bits per heavy atom. The predicted molar refractivity (Wildman–Crippen MR) is 82.3 cm³/mol. The average Bonchev–Trinajstić information content (AvgIpc) is 2.83. The number of carbonyl (C=O) groups is 1. The van der Waals surface area contributed by atoms with Crippen molar-refractivity contribution >= 4 is 29.2 Å². The standard InChI is InChI=1S/C15H10N4O3/c20-15-14(11-6-2-3-7-12(11)17-15)18-16-9-10-5-1-4-8-13(10)19(21)22/h1-9H,(H,17,18,20)/b16-9+. The lowest BCUT2D eigenvalue weighted by molar-refractivity contribution is -0.385. The number of nitrogens with one attached hydrogen (secondary N) is 1. The van der Waals surface area contributed by atoms with E-state index in [2.05, 4.69) is 15.5 Å². The van der Waals surface area contributed by atoms with Crippen LogP contribution in [0.1, 0.15) is 11.1 Å². The Kier molecular flexibility index (Phi) is 3.45. The summed E-state index contributed by atoms with van der Waals surface area (Å²) < 4.78 is 0. The molecule has 7 nitrogen and oxygen atoms in total. The number of rotatable bonds is 3. The first kappa shape index (κ1) is 13.6. The number of nitro benzene ring substituents is 1. The number of carbonyl (C=O) groups excluding carboxylic acids is 1. The minimum absolute atomic E-state index is 0.0669. The number of benzene rings is 2. The molecule has 0 atom stereocenters. The summed E-state index contributed by atoms with van der Waals surface area (Å²) in [6.07, 6.45) is 1.26. The van der Waals surface area contributed by atoms with Crippen molar-refractivity contribution in [2.24, 2.45) is 10.2 Å². The summed E-state index contributed by atoms with van der Waals surface area (Å²) in [5.41, 5.74) is 1.77. The van der Waals surface area contributed by atoms with Crippen LogP contribution in [0.5, 0.6) is 0 Å². The zero-order valence-corrected chi connectivity index (χ0v) is 11.3. The molecule has 0 unspecified atom stereocenters. The van der Waals surface area contributed by atoms with Crippen LogP contribution in [0.3, 0.4) is 0 Å². The number of nitro groups is 1. The van der Waals surface area contributed by atoms with Crippen molar-refractivity contribution in [2.75, 3.05) is 5.32 Å². The van der Waals surface area contributed by atoms with Crippen molar-refractivity contribution in [1.82, 2.24) is 0 Å². The van der Waals surface area contributed by atoms with Crippen molar-refractivity contribution in [3.8, 4) is 0 Å². The number of hydrogen-bond acceptors (Lipinski definition) is 5. The highest BCUT2D eigenvalue weighted by Gasteiger charge is 2.25. The van der Waals surface area contributed by atoms with E-state index >= 15 is 0 Å². The van der Waals surface area contributed by atoms with E-state index in [1.807, 2.05) is 0 Å². The number of anilines is 1. The number of para-hydroxylation sites is 2. The number of hydrogen-bond donors (Lipinski definition) is 1. The van der Waals surface area contributed by atoms with Crippen LogP contribution < -0.4 is 5.32 Å². The van der Waals surface area contributed by atoms with Crippen molar-refractivity contribution in [2.45, 2.75) is 0 Å². The largest absolute Gasteiger partial charge is 0.320 e. The first-order valence-electron chi connectivity index (χ1n) is 6.42. The maximum absolute atomic E-state index is 11.8. The van der Waals surface area contributed by atoms with E-state index in [9.17, 15) is 14.9 Å². The van der Waals surface area contributed by atoms with Crippen LogP contribution in [0, 0.1) is 10.1 Å². The molecular formula is C15H10N4O3. The third kappa shape index (κ3) is 2.47.